The van der Waals surface area contributed by atoms with Gasteiger partial charge in [-0.3, -0.25) is 9.88 Å². The van der Waals surface area contributed by atoms with E-state index in [4.69, 9.17) is 18.0 Å². The van der Waals surface area contributed by atoms with Crippen molar-refractivity contribution in [2.24, 2.45) is 5.73 Å². The number of nitrogens with zero attached hydrogens (tertiary/aromatic N) is 3. The van der Waals surface area contributed by atoms with Crippen LogP contribution < -0.4 is 5.73 Å². The molecule has 0 saturated carbocycles. The molecule has 6 nitrogen and oxygen atoms in total. The summed E-state index contributed by atoms with van der Waals surface area (Å²) in [6, 6.07) is 3.39. The Labute approximate surface area is 131 Å². The molecule has 21 heavy (non-hydrogen) atoms. The van der Waals surface area contributed by atoms with Gasteiger partial charge in [-0.2, -0.15) is 4.31 Å². The molecule has 116 valence electrons. The average Bonchev–Trinajstić information content (AvgIpc) is 2.44. The third-order valence-corrected chi connectivity index (χ3v) is 5.98. The van der Waals surface area contributed by atoms with Crippen LogP contribution in [0.15, 0.2) is 23.2 Å². The van der Waals surface area contributed by atoms with E-state index >= 15 is 0 Å². The van der Waals surface area contributed by atoms with E-state index in [1.165, 1.54) is 22.6 Å². The van der Waals surface area contributed by atoms with Crippen molar-refractivity contribution in [3.8, 4) is 0 Å². The summed E-state index contributed by atoms with van der Waals surface area (Å²) >= 11 is 4.82. The fourth-order valence-corrected chi connectivity index (χ4v) is 4.05. The standard InChI is InChI=1S/C13H20N4O2S2/c1-9-7-17(8-10(2)16(9)3)21(18,19)11-4-5-12(13(14)20)15-6-11/h4-6,9-10H,7-8H2,1-3H3,(H2,14,20). The lowest BCUT2D eigenvalue weighted by molar-refractivity contribution is 0.105. The molecule has 1 saturated heterocycles. The summed E-state index contributed by atoms with van der Waals surface area (Å²) in [5, 5.41) is 0. The van der Waals surface area contributed by atoms with E-state index in [1.54, 1.807) is 0 Å². The smallest absolute Gasteiger partial charge is 0.244 e. The number of rotatable bonds is 3. The highest BCUT2D eigenvalue weighted by Crippen LogP contribution is 2.21. The Balaban J connectivity index is 2.27. The Hall–Kier alpha value is -1.09. The molecule has 0 aliphatic carbocycles. The van der Waals surface area contributed by atoms with E-state index < -0.39 is 10.0 Å². The Kier molecular flexibility index (Phi) is 4.62. The minimum absolute atomic E-state index is 0.154. The monoisotopic (exact) mass is 328 g/mol. The molecule has 1 aliphatic heterocycles. The molecule has 0 bridgehead atoms. The van der Waals surface area contributed by atoms with Crippen molar-refractivity contribution < 1.29 is 8.42 Å². The predicted octanol–water partition coefficient (Wildman–Crippen LogP) is 0.429. The molecule has 0 amide bonds. The molecule has 2 heterocycles. The number of thiocarbonyl (C=S) groups is 1. The van der Waals surface area contributed by atoms with Crippen molar-refractivity contribution in [2.75, 3.05) is 20.1 Å². The fourth-order valence-electron chi connectivity index (χ4n) is 2.38. The number of likely N-dealkylation sites (N-methyl/N-ethyl adjacent to an activating group) is 1. The second kappa shape index (κ2) is 5.96. The highest BCUT2D eigenvalue weighted by atomic mass is 32.2. The summed E-state index contributed by atoms with van der Waals surface area (Å²) in [5.41, 5.74) is 5.89. The van der Waals surface area contributed by atoms with Crippen LogP contribution in [0.25, 0.3) is 0 Å². The number of nitrogens with two attached hydrogens (primary N) is 1. The number of aromatic nitrogens is 1. The Morgan fingerprint density at radius 1 is 1.33 bits per heavy atom. The molecule has 2 N–H and O–H groups in total. The highest BCUT2D eigenvalue weighted by Gasteiger charge is 2.34. The average molecular weight is 328 g/mol. The van der Waals surface area contributed by atoms with Crippen LogP contribution in [0.4, 0.5) is 0 Å². The van der Waals surface area contributed by atoms with Gasteiger partial charge in [-0.15, -0.1) is 0 Å². The van der Waals surface area contributed by atoms with Crippen molar-refractivity contribution in [3.05, 3.63) is 24.0 Å². The lowest BCUT2D eigenvalue weighted by atomic mass is 10.1. The van der Waals surface area contributed by atoms with Gasteiger partial charge in [0, 0.05) is 31.4 Å². The maximum atomic E-state index is 12.7. The van der Waals surface area contributed by atoms with Gasteiger partial charge in [-0.1, -0.05) is 12.2 Å². The molecular formula is C13H20N4O2S2. The highest BCUT2D eigenvalue weighted by molar-refractivity contribution is 7.89. The van der Waals surface area contributed by atoms with Crippen LogP contribution >= 0.6 is 12.2 Å². The first kappa shape index (κ1) is 16.3. The Morgan fingerprint density at radius 3 is 2.33 bits per heavy atom. The van der Waals surface area contributed by atoms with Gasteiger partial charge in [0.15, 0.2) is 0 Å². The summed E-state index contributed by atoms with van der Waals surface area (Å²) in [5.74, 6) is 0. The fraction of sp³-hybridized carbons (Fsp3) is 0.538. The van der Waals surface area contributed by atoms with Gasteiger partial charge < -0.3 is 5.73 Å². The molecule has 1 aromatic heterocycles. The summed E-state index contributed by atoms with van der Waals surface area (Å²) in [4.78, 5) is 6.52. The number of piperazine rings is 1. The summed E-state index contributed by atoms with van der Waals surface area (Å²) in [6.07, 6.45) is 1.32. The number of hydrogen-bond donors (Lipinski definition) is 1. The van der Waals surface area contributed by atoms with Gasteiger partial charge in [0.05, 0.1) is 5.69 Å². The summed E-state index contributed by atoms with van der Waals surface area (Å²) in [7, 11) is -1.52. The molecular weight excluding hydrogens is 308 g/mol. The first-order valence-electron chi connectivity index (χ1n) is 6.71. The molecule has 0 aromatic carbocycles. The lowest BCUT2D eigenvalue weighted by Crippen LogP contribution is -2.56. The van der Waals surface area contributed by atoms with Crippen LogP contribution in [-0.2, 0) is 10.0 Å². The molecule has 0 radical (unpaired) electrons. The van der Waals surface area contributed by atoms with Crippen LogP contribution in [0.1, 0.15) is 19.5 Å². The van der Waals surface area contributed by atoms with Gasteiger partial charge in [-0.25, -0.2) is 8.42 Å². The predicted molar refractivity (Wildman–Crippen MR) is 85.6 cm³/mol. The normalized spacial score (nSPS) is 24.9. The molecule has 2 rings (SSSR count). The maximum Gasteiger partial charge on any atom is 0.244 e. The summed E-state index contributed by atoms with van der Waals surface area (Å²) in [6.45, 7) is 4.99. The third-order valence-electron chi connectivity index (χ3n) is 3.95. The van der Waals surface area contributed by atoms with Crippen molar-refractivity contribution >= 4 is 27.2 Å². The minimum Gasteiger partial charge on any atom is -0.388 e. The van der Waals surface area contributed by atoms with E-state index in [0.717, 1.165) is 0 Å². The second-order valence-electron chi connectivity index (χ2n) is 5.43. The maximum absolute atomic E-state index is 12.7. The van der Waals surface area contributed by atoms with Crippen LogP contribution in [0.2, 0.25) is 0 Å². The molecule has 0 spiro atoms. The van der Waals surface area contributed by atoms with E-state index in [-0.39, 0.29) is 22.0 Å². The van der Waals surface area contributed by atoms with Gasteiger partial charge in [0.25, 0.3) is 0 Å². The molecule has 1 fully saturated rings. The van der Waals surface area contributed by atoms with Crippen LogP contribution in [-0.4, -0.2) is 59.8 Å². The van der Waals surface area contributed by atoms with E-state index in [0.29, 0.717) is 18.8 Å². The summed E-state index contributed by atoms with van der Waals surface area (Å²) < 4.78 is 26.9. The van der Waals surface area contributed by atoms with Crippen molar-refractivity contribution in [1.82, 2.24) is 14.2 Å². The zero-order chi connectivity index (χ0) is 15.8. The minimum atomic E-state index is -3.53. The molecule has 2 unspecified atom stereocenters. The van der Waals surface area contributed by atoms with E-state index in [2.05, 4.69) is 9.88 Å². The van der Waals surface area contributed by atoms with Gasteiger partial charge >= 0.3 is 0 Å². The van der Waals surface area contributed by atoms with Crippen molar-refractivity contribution in [3.63, 3.8) is 0 Å². The Morgan fingerprint density at radius 2 is 1.90 bits per heavy atom. The van der Waals surface area contributed by atoms with Crippen LogP contribution in [0.3, 0.4) is 0 Å². The van der Waals surface area contributed by atoms with Crippen LogP contribution in [0.5, 0.6) is 0 Å². The quantitative estimate of drug-likeness (QED) is 0.811. The van der Waals surface area contributed by atoms with E-state index in [9.17, 15) is 8.42 Å². The topological polar surface area (TPSA) is 79.5 Å². The number of pyridine rings is 1. The largest absolute Gasteiger partial charge is 0.388 e. The van der Waals surface area contributed by atoms with Gasteiger partial charge in [-0.05, 0) is 33.0 Å². The molecule has 8 heteroatoms. The first-order chi connectivity index (χ1) is 9.73. The van der Waals surface area contributed by atoms with Crippen LogP contribution in [0, 0.1) is 0 Å². The lowest BCUT2D eigenvalue weighted by Gasteiger charge is -2.41. The first-order valence-corrected chi connectivity index (χ1v) is 8.56. The van der Waals surface area contributed by atoms with Gasteiger partial charge in [0.2, 0.25) is 10.0 Å². The van der Waals surface area contributed by atoms with Crippen molar-refractivity contribution in [1.29, 1.82) is 0 Å². The van der Waals surface area contributed by atoms with Gasteiger partial charge in [0.1, 0.15) is 9.88 Å². The molecule has 1 aromatic rings. The molecule has 1 aliphatic rings. The second-order valence-corrected chi connectivity index (χ2v) is 7.81. The number of sulfonamides is 1. The molecule has 2 atom stereocenters. The zero-order valence-electron chi connectivity index (χ0n) is 12.4. The SMILES string of the molecule is CC1CN(S(=O)(=O)c2ccc(C(N)=S)nc2)CC(C)N1C. The Bertz CT molecular complexity index is 618. The third kappa shape index (κ3) is 3.23. The van der Waals surface area contributed by atoms with Crippen molar-refractivity contribution in [2.45, 2.75) is 30.8 Å². The number of hydrogen-bond acceptors (Lipinski definition) is 5. The zero-order valence-corrected chi connectivity index (χ0v) is 14.0. The van der Waals surface area contributed by atoms with E-state index in [1.807, 2.05) is 20.9 Å².